The largest absolute Gasteiger partial charge is 0.489 e. The van der Waals surface area contributed by atoms with Gasteiger partial charge in [0.1, 0.15) is 11.7 Å². The second kappa shape index (κ2) is 5.63. The zero-order chi connectivity index (χ0) is 14.0. The van der Waals surface area contributed by atoms with Crippen LogP contribution in [-0.2, 0) is 4.79 Å². The van der Waals surface area contributed by atoms with E-state index in [0.717, 1.165) is 0 Å². The van der Waals surface area contributed by atoms with Crippen LogP contribution in [0, 0.1) is 5.82 Å². The molecule has 0 saturated carbocycles. The molecule has 1 unspecified atom stereocenters. The minimum absolute atomic E-state index is 0.0808. The maximum Gasteiger partial charge on any atom is 0.312 e. The normalized spacial score (nSPS) is 15.7. The van der Waals surface area contributed by atoms with E-state index in [2.05, 4.69) is 0 Å². The van der Waals surface area contributed by atoms with E-state index in [4.69, 9.17) is 31.9 Å². The van der Waals surface area contributed by atoms with Crippen molar-refractivity contribution < 1.29 is 23.8 Å². The molecule has 0 amide bonds. The average molecular weight is 290 g/mol. The Morgan fingerprint density at radius 1 is 1.53 bits per heavy atom. The van der Waals surface area contributed by atoms with Crippen LogP contribution in [0.2, 0.25) is 5.02 Å². The summed E-state index contributed by atoms with van der Waals surface area (Å²) in [5, 5.41) is 8.92. The van der Waals surface area contributed by atoms with Crippen molar-refractivity contribution >= 4 is 17.6 Å². The second-order valence-corrected chi connectivity index (χ2v) is 4.50. The molecule has 19 heavy (non-hydrogen) atoms. The molecule has 1 atom stereocenters. The van der Waals surface area contributed by atoms with Crippen molar-refractivity contribution in [1.82, 2.24) is 0 Å². The Bertz CT molecular complexity index is 509. The fourth-order valence-electron chi connectivity index (χ4n) is 1.93. The molecule has 0 aliphatic carbocycles. The molecule has 1 aromatic carbocycles. The van der Waals surface area contributed by atoms with Gasteiger partial charge in [-0.15, -0.1) is 0 Å². The van der Waals surface area contributed by atoms with Crippen LogP contribution in [-0.4, -0.2) is 30.8 Å². The maximum absolute atomic E-state index is 14.1. The highest BCUT2D eigenvalue weighted by Crippen LogP contribution is 2.42. The van der Waals surface area contributed by atoms with Gasteiger partial charge >= 0.3 is 5.97 Å². The molecular weight excluding hydrogens is 277 g/mol. The Hall–Kier alpha value is -1.53. The lowest BCUT2D eigenvalue weighted by molar-refractivity contribution is -0.138. The quantitative estimate of drug-likeness (QED) is 0.886. The van der Waals surface area contributed by atoms with Crippen LogP contribution < -0.4 is 15.2 Å². The summed E-state index contributed by atoms with van der Waals surface area (Å²) in [5.74, 6) is -2.97. The van der Waals surface area contributed by atoms with Gasteiger partial charge in [0.15, 0.2) is 11.5 Å². The second-order valence-electron chi connectivity index (χ2n) is 4.09. The molecule has 2 rings (SSSR count). The van der Waals surface area contributed by atoms with Crippen LogP contribution in [0.15, 0.2) is 6.07 Å². The number of aliphatic carboxylic acids is 1. The number of carboxylic acid groups (broad SMARTS) is 1. The van der Waals surface area contributed by atoms with Crippen LogP contribution in [0.4, 0.5) is 4.39 Å². The summed E-state index contributed by atoms with van der Waals surface area (Å²) in [6.07, 6.45) is 0.619. The van der Waals surface area contributed by atoms with E-state index < -0.39 is 17.7 Å². The molecule has 104 valence electrons. The minimum Gasteiger partial charge on any atom is -0.489 e. The van der Waals surface area contributed by atoms with Crippen LogP contribution in [0.1, 0.15) is 17.9 Å². The molecule has 5 nitrogen and oxygen atoms in total. The number of carbonyl (C=O) groups is 1. The van der Waals surface area contributed by atoms with Gasteiger partial charge in [0.05, 0.1) is 23.8 Å². The maximum atomic E-state index is 14.1. The number of hydrogen-bond acceptors (Lipinski definition) is 4. The molecule has 0 bridgehead atoms. The van der Waals surface area contributed by atoms with Gasteiger partial charge in [-0.25, -0.2) is 4.39 Å². The molecule has 0 aromatic heterocycles. The predicted octanol–water partition coefficient (Wildman–Crippen LogP) is 1.77. The number of halogens is 2. The lowest BCUT2D eigenvalue weighted by Gasteiger charge is -2.18. The van der Waals surface area contributed by atoms with Crippen molar-refractivity contribution in [3.05, 3.63) is 22.5 Å². The van der Waals surface area contributed by atoms with Crippen LogP contribution in [0.5, 0.6) is 11.5 Å². The molecular formula is C12H13ClFNO4. The Kier molecular flexibility index (Phi) is 4.11. The fourth-order valence-corrected chi connectivity index (χ4v) is 2.13. The number of hydrogen-bond donors (Lipinski definition) is 2. The van der Waals surface area contributed by atoms with Crippen LogP contribution in [0.3, 0.4) is 0 Å². The highest BCUT2D eigenvalue weighted by molar-refractivity contribution is 6.31. The Balaban J connectivity index is 2.62. The molecule has 0 saturated heterocycles. The van der Waals surface area contributed by atoms with Crippen molar-refractivity contribution in [3.8, 4) is 11.5 Å². The van der Waals surface area contributed by atoms with E-state index in [1.165, 1.54) is 6.07 Å². The van der Waals surface area contributed by atoms with Crippen molar-refractivity contribution in [2.24, 2.45) is 5.73 Å². The molecule has 7 heteroatoms. The standard InChI is InChI=1S/C12H13ClFNO4/c13-7-4-8-11(19-3-1-2-18-8)9(10(7)14)6(5-15)12(16)17/h4,6H,1-3,5,15H2,(H,16,17). The van der Waals surface area contributed by atoms with E-state index in [0.29, 0.717) is 19.6 Å². The summed E-state index contributed by atoms with van der Waals surface area (Å²) < 4.78 is 24.9. The van der Waals surface area contributed by atoms with Crippen molar-refractivity contribution in [1.29, 1.82) is 0 Å². The van der Waals surface area contributed by atoms with Gasteiger partial charge < -0.3 is 20.3 Å². The van der Waals surface area contributed by atoms with E-state index in [1.54, 1.807) is 0 Å². The molecule has 0 radical (unpaired) electrons. The van der Waals surface area contributed by atoms with Crippen molar-refractivity contribution in [2.75, 3.05) is 19.8 Å². The zero-order valence-electron chi connectivity index (χ0n) is 9.99. The van der Waals surface area contributed by atoms with Gasteiger partial charge in [0, 0.05) is 19.0 Å². The summed E-state index contributed by atoms with van der Waals surface area (Å²) in [7, 11) is 0. The zero-order valence-corrected chi connectivity index (χ0v) is 10.7. The Morgan fingerprint density at radius 2 is 2.21 bits per heavy atom. The van der Waals surface area contributed by atoms with E-state index >= 15 is 0 Å². The first-order valence-corrected chi connectivity index (χ1v) is 6.14. The van der Waals surface area contributed by atoms with Gasteiger partial charge in [0.2, 0.25) is 0 Å². The third kappa shape index (κ3) is 2.59. The Labute approximate surface area is 114 Å². The van der Waals surface area contributed by atoms with Crippen molar-refractivity contribution in [3.63, 3.8) is 0 Å². The van der Waals surface area contributed by atoms with Crippen molar-refractivity contribution in [2.45, 2.75) is 12.3 Å². The van der Waals surface area contributed by atoms with E-state index in [1.807, 2.05) is 0 Å². The van der Waals surface area contributed by atoms with Gasteiger partial charge in [-0.2, -0.15) is 0 Å². The van der Waals surface area contributed by atoms with E-state index in [9.17, 15) is 9.18 Å². The monoisotopic (exact) mass is 289 g/mol. The molecule has 1 heterocycles. The lowest BCUT2D eigenvalue weighted by atomic mass is 9.97. The average Bonchev–Trinajstić information content (AvgIpc) is 2.59. The first-order valence-electron chi connectivity index (χ1n) is 5.76. The minimum atomic E-state index is -1.24. The highest BCUT2D eigenvalue weighted by atomic mass is 35.5. The third-order valence-electron chi connectivity index (χ3n) is 2.85. The number of fused-ring (bicyclic) bond motifs is 1. The highest BCUT2D eigenvalue weighted by Gasteiger charge is 2.31. The lowest BCUT2D eigenvalue weighted by Crippen LogP contribution is -2.23. The SMILES string of the molecule is NCC(C(=O)O)c1c(F)c(Cl)cc2c1OCCCO2. The smallest absolute Gasteiger partial charge is 0.312 e. The number of carboxylic acids is 1. The summed E-state index contributed by atoms with van der Waals surface area (Å²) >= 11 is 5.77. The number of rotatable bonds is 3. The first kappa shape index (κ1) is 13.9. The topological polar surface area (TPSA) is 81.8 Å². The number of benzene rings is 1. The van der Waals surface area contributed by atoms with Gasteiger partial charge in [0.25, 0.3) is 0 Å². The number of nitrogens with two attached hydrogens (primary N) is 1. The molecule has 0 fully saturated rings. The first-order chi connectivity index (χ1) is 9.06. The van der Waals surface area contributed by atoms with Gasteiger partial charge in [-0.05, 0) is 0 Å². The van der Waals surface area contributed by atoms with Crippen LogP contribution in [0.25, 0.3) is 0 Å². The van der Waals surface area contributed by atoms with Gasteiger partial charge in [-0.1, -0.05) is 11.6 Å². The molecule has 1 aliphatic heterocycles. The molecule has 3 N–H and O–H groups in total. The van der Waals surface area contributed by atoms with Crippen LogP contribution >= 0.6 is 11.6 Å². The summed E-state index contributed by atoms with van der Waals surface area (Å²) in [6.45, 7) is 0.454. The molecule has 1 aromatic rings. The summed E-state index contributed by atoms with van der Waals surface area (Å²) in [4.78, 5) is 11.2. The van der Waals surface area contributed by atoms with E-state index in [-0.39, 0.29) is 28.6 Å². The Morgan fingerprint density at radius 3 is 2.84 bits per heavy atom. The fraction of sp³-hybridized carbons (Fsp3) is 0.417. The summed E-state index contributed by atoms with van der Waals surface area (Å²) in [6, 6.07) is 1.29. The summed E-state index contributed by atoms with van der Waals surface area (Å²) in [5.41, 5.74) is 5.26. The molecule has 1 aliphatic rings. The number of ether oxygens (including phenoxy) is 2. The third-order valence-corrected chi connectivity index (χ3v) is 3.12. The van der Waals surface area contributed by atoms with Gasteiger partial charge in [-0.3, -0.25) is 4.79 Å². The molecule has 0 spiro atoms. The predicted molar refractivity (Wildman–Crippen MR) is 66.4 cm³/mol.